The number of carbonyl (C=O) groups is 2. The minimum absolute atomic E-state index is 0. The highest BCUT2D eigenvalue weighted by Crippen LogP contribution is 2.40. The van der Waals surface area contributed by atoms with E-state index in [2.05, 4.69) is 39.8 Å². The third kappa shape index (κ3) is 8.47. The maximum atomic E-state index is 13.6. The summed E-state index contributed by atoms with van der Waals surface area (Å²) in [5.74, 6) is 0.423. The Bertz CT molecular complexity index is 1260. The monoisotopic (exact) mass is 637 g/mol. The van der Waals surface area contributed by atoms with E-state index in [-0.39, 0.29) is 59.4 Å². The molecule has 0 aromatic heterocycles. The van der Waals surface area contributed by atoms with Gasteiger partial charge < -0.3 is 30.7 Å². The molecule has 9 nitrogen and oxygen atoms in total. The average molecular weight is 639 g/mol. The third-order valence-corrected chi connectivity index (χ3v) is 8.36. The summed E-state index contributed by atoms with van der Waals surface area (Å²) in [6, 6.07) is 9.25. The van der Waals surface area contributed by atoms with Crippen LogP contribution in [0.2, 0.25) is 0 Å². The second kappa shape index (κ2) is 13.9. The summed E-state index contributed by atoms with van der Waals surface area (Å²) < 4.78 is 5.41. The van der Waals surface area contributed by atoms with Gasteiger partial charge in [-0.2, -0.15) is 0 Å². The predicted molar refractivity (Wildman–Crippen MR) is 179 cm³/mol. The van der Waals surface area contributed by atoms with Crippen LogP contribution in [0.5, 0.6) is 11.5 Å². The Hall–Kier alpha value is -2.72. The lowest BCUT2D eigenvalue weighted by atomic mass is 9.78. The molecule has 0 radical (unpaired) electrons. The van der Waals surface area contributed by atoms with E-state index >= 15 is 0 Å². The average Bonchev–Trinajstić information content (AvgIpc) is 2.85. The van der Waals surface area contributed by atoms with Crippen molar-refractivity contribution in [1.82, 2.24) is 15.1 Å². The van der Waals surface area contributed by atoms with E-state index in [0.29, 0.717) is 45.9 Å². The molecule has 240 valence electrons. The molecule has 2 unspecified atom stereocenters. The number of likely N-dealkylation sites (N-methyl/N-ethyl adjacent to an activating group) is 2. The summed E-state index contributed by atoms with van der Waals surface area (Å²) in [6.45, 7) is 14.0. The van der Waals surface area contributed by atoms with Gasteiger partial charge in [0.2, 0.25) is 0 Å². The van der Waals surface area contributed by atoms with E-state index in [1.807, 2.05) is 41.5 Å². The van der Waals surface area contributed by atoms with E-state index < -0.39 is 0 Å². The number of amides is 3. The second-order valence-electron chi connectivity index (χ2n) is 13.7. The maximum Gasteiger partial charge on any atom is 0.319 e. The number of rotatable bonds is 5. The lowest BCUT2D eigenvalue weighted by Crippen LogP contribution is -2.63. The predicted octanol–water partition coefficient (Wildman–Crippen LogP) is 5.99. The minimum Gasteiger partial charge on any atom is -0.507 e. The van der Waals surface area contributed by atoms with Crippen molar-refractivity contribution in [2.75, 3.05) is 44.9 Å². The van der Waals surface area contributed by atoms with Crippen LogP contribution < -0.4 is 20.7 Å². The van der Waals surface area contributed by atoms with E-state index in [1.54, 1.807) is 37.4 Å². The molecule has 2 aliphatic heterocycles. The summed E-state index contributed by atoms with van der Waals surface area (Å²) in [5.41, 5.74) is 1.98. The Morgan fingerprint density at radius 1 is 0.860 bits per heavy atom. The van der Waals surface area contributed by atoms with Crippen molar-refractivity contribution < 1.29 is 19.4 Å². The first-order valence-electron chi connectivity index (χ1n) is 14.4. The number of piperidine rings is 1. The number of hydrogen-bond donors (Lipinski definition) is 4. The third-order valence-electron chi connectivity index (χ3n) is 8.36. The molecule has 4 N–H and O–H groups in total. The van der Waals surface area contributed by atoms with E-state index in [9.17, 15) is 14.7 Å². The van der Waals surface area contributed by atoms with Crippen LogP contribution in [-0.2, 0) is 10.8 Å². The maximum absolute atomic E-state index is 13.6. The number of nitrogens with zero attached hydrogens (tertiary/aromatic N) is 2. The lowest BCUT2D eigenvalue weighted by molar-refractivity contribution is 0.0101. The molecule has 2 saturated heterocycles. The fraction of sp³-hybridized carbons (Fsp3) is 0.562. The number of hydrogen-bond acceptors (Lipinski definition) is 6. The molecule has 2 atom stereocenters. The fourth-order valence-electron chi connectivity index (χ4n) is 6.01. The van der Waals surface area contributed by atoms with Gasteiger partial charge in [-0.1, -0.05) is 41.5 Å². The van der Waals surface area contributed by atoms with Gasteiger partial charge in [-0.05, 0) is 62.0 Å². The number of urea groups is 1. The molecule has 0 spiro atoms. The highest BCUT2D eigenvalue weighted by molar-refractivity contribution is 6.07. The van der Waals surface area contributed by atoms with Crippen molar-refractivity contribution in [2.24, 2.45) is 0 Å². The van der Waals surface area contributed by atoms with Crippen LogP contribution in [0, 0.1) is 0 Å². The molecular formula is C32H49Cl2N5O4. The Morgan fingerprint density at radius 3 is 1.88 bits per heavy atom. The van der Waals surface area contributed by atoms with Gasteiger partial charge in [0.1, 0.15) is 11.5 Å². The highest BCUT2D eigenvalue weighted by atomic mass is 35.5. The first kappa shape index (κ1) is 36.5. The van der Waals surface area contributed by atoms with Gasteiger partial charge in [-0.15, -0.1) is 24.8 Å². The van der Waals surface area contributed by atoms with Crippen LogP contribution in [0.1, 0.15) is 75.9 Å². The lowest BCUT2D eigenvalue weighted by Gasteiger charge is -2.50. The van der Waals surface area contributed by atoms with Gasteiger partial charge in [0.25, 0.3) is 5.91 Å². The fourth-order valence-corrected chi connectivity index (χ4v) is 6.01. The topological polar surface area (TPSA) is 106 Å². The highest BCUT2D eigenvalue weighted by Gasteiger charge is 2.38. The zero-order valence-electron chi connectivity index (χ0n) is 26.8. The number of benzene rings is 2. The number of phenols is 1. The standard InChI is InChI=1S/C32H47N5O4.2ClH/c1-31(2,3)24-12-19(13-25(28(24)38)32(4,5)6)29(39)34-27-16-23(41-9)10-11-26(27)35-30(40)33-20-14-21-17-36(7)18-22(15-20)37(21)8;;/h10-13,16,20-22,38H,14-15,17-18H2,1-9H3,(H,34,39)(H2,33,35,40);2*1H. The number of phenolic OH excluding ortho intramolecular Hbond substituents is 1. The first-order valence-corrected chi connectivity index (χ1v) is 14.4. The zero-order chi connectivity index (χ0) is 30.3. The number of carbonyl (C=O) groups excluding carboxylic acids is 2. The molecule has 43 heavy (non-hydrogen) atoms. The molecule has 0 aliphatic carbocycles. The number of likely N-dealkylation sites (tertiary alicyclic amines) is 1. The van der Waals surface area contributed by atoms with Crippen LogP contribution in [-0.4, -0.2) is 79.3 Å². The second-order valence-corrected chi connectivity index (χ2v) is 13.7. The number of methoxy groups -OCH3 is 1. The molecule has 2 aromatic carbocycles. The Balaban J connectivity index is 0.00000323. The molecule has 2 fully saturated rings. The summed E-state index contributed by atoms with van der Waals surface area (Å²) in [7, 11) is 5.88. The summed E-state index contributed by atoms with van der Waals surface area (Å²) in [4.78, 5) is 31.6. The molecule has 4 rings (SSSR count). The molecule has 2 aromatic rings. The van der Waals surface area contributed by atoms with Crippen molar-refractivity contribution >= 4 is 48.1 Å². The molecule has 2 bridgehead atoms. The summed E-state index contributed by atoms with van der Waals surface area (Å²) in [5, 5.41) is 20.2. The summed E-state index contributed by atoms with van der Waals surface area (Å²) in [6.07, 6.45) is 1.79. The van der Waals surface area contributed by atoms with Crippen LogP contribution in [0.25, 0.3) is 0 Å². The minimum atomic E-state index is -0.372. The van der Waals surface area contributed by atoms with Gasteiger partial charge in [0, 0.05) is 54.0 Å². The van der Waals surface area contributed by atoms with Crippen molar-refractivity contribution in [2.45, 2.75) is 83.3 Å². The van der Waals surface area contributed by atoms with Crippen LogP contribution in [0.15, 0.2) is 30.3 Å². The normalized spacial score (nSPS) is 20.7. The van der Waals surface area contributed by atoms with Crippen LogP contribution in [0.3, 0.4) is 0 Å². The number of aromatic hydroxyl groups is 1. The Kier molecular flexibility index (Phi) is 11.8. The number of piperazine rings is 1. The quantitative estimate of drug-likeness (QED) is 0.321. The number of fused-ring (bicyclic) bond motifs is 2. The molecule has 3 amide bonds. The summed E-state index contributed by atoms with van der Waals surface area (Å²) >= 11 is 0. The zero-order valence-corrected chi connectivity index (χ0v) is 28.5. The van der Waals surface area contributed by atoms with E-state index in [1.165, 1.54) is 0 Å². The number of halogens is 2. The smallest absolute Gasteiger partial charge is 0.319 e. The van der Waals surface area contributed by atoms with Crippen molar-refractivity contribution in [1.29, 1.82) is 0 Å². The number of ether oxygens (including phenoxy) is 1. The molecule has 11 heteroatoms. The van der Waals surface area contributed by atoms with Crippen molar-refractivity contribution in [3.8, 4) is 11.5 Å². The first-order chi connectivity index (χ1) is 19.1. The van der Waals surface area contributed by atoms with Crippen LogP contribution in [0.4, 0.5) is 16.2 Å². The Labute approximate surface area is 268 Å². The van der Waals surface area contributed by atoms with Gasteiger partial charge in [0.15, 0.2) is 0 Å². The molecule has 2 aliphatic rings. The van der Waals surface area contributed by atoms with Gasteiger partial charge in [-0.3, -0.25) is 9.69 Å². The molecular weight excluding hydrogens is 589 g/mol. The van der Waals surface area contributed by atoms with Gasteiger partial charge in [-0.25, -0.2) is 4.79 Å². The number of nitrogens with one attached hydrogen (secondary N) is 3. The van der Waals surface area contributed by atoms with Crippen molar-refractivity contribution in [3.63, 3.8) is 0 Å². The van der Waals surface area contributed by atoms with Crippen molar-refractivity contribution in [3.05, 3.63) is 47.0 Å². The van der Waals surface area contributed by atoms with Crippen LogP contribution >= 0.6 is 24.8 Å². The largest absolute Gasteiger partial charge is 0.507 e. The van der Waals surface area contributed by atoms with E-state index in [4.69, 9.17) is 4.74 Å². The van der Waals surface area contributed by atoms with E-state index in [0.717, 1.165) is 25.9 Å². The van der Waals surface area contributed by atoms with Gasteiger partial charge >= 0.3 is 6.03 Å². The molecule has 0 saturated carbocycles. The molecule has 2 heterocycles. The Morgan fingerprint density at radius 2 is 1.40 bits per heavy atom. The van der Waals surface area contributed by atoms with Gasteiger partial charge in [0.05, 0.1) is 18.5 Å². The SMILES string of the molecule is COc1ccc(NC(=O)NC2CC3CN(C)CC(C2)N3C)c(NC(=O)c2cc(C(C)(C)C)c(O)c(C(C)(C)C)c2)c1.Cl.Cl. The number of anilines is 2.